The van der Waals surface area contributed by atoms with Crippen molar-refractivity contribution in [2.24, 2.45) is 0 Å². The molecule has 1 heterocycles. The van der Waals surface area contributed by atoms with Crippen LogP contribution in [0.15, 0.2) is 11.5 Å². The van der Waals surface area contributed by atoms with E-state index in [1.165, 1.54) is 0 Å². The third-order valence-electron chi connectivity index (χ3n) is 0.918. The zero-order valence-electron chi connectivity index (χ0n) is 3.81. The van der Waals surface area contributed by atoms with E-state index in [4.69, 9.17) is 10.2 Å². The van der Waals surface area contributed by atoms with Crippen molar-refractivity contribution >= 4 is 0 Å². The minimum Gasteiger partial charge on any atom is -0.507 e. The fraction of sp³-hybridized carbons (Fsp3) is 0.500. The minimum absolute atomic E-state index is 0.0694. The Bertz CT molecular complexity index is 96.3. The number of rotatable bonds is 0. The van der Waals surface area contributed by atoms with Gasteiger partial charge in [-0.15, -0.1) is 0 Å². The van der Waals surface area contributed by atoms with E-state index in [0.717, 1.165) is 0 Å². The lowest BCUT2D eigenvalue weighted by Gasteiger charge is -1.84. The molecule has 3 N–H and O–H groups in total. The van der Waals surface area contributed by atoms with Crippen LogP contribution in [0, 0.1) is 0 Å². The van der Waals surface area contributed by atoms with Crippen LogP contribution in [-0.2, 0) is 0 Å². The van der Waals surface area contributed by atoms with Gasteiger partial charge >= 0.3 is 0 Å². The summed E-state index contributed by atoms with van der Waals surface area (Å²) in [6.45, 7) is 0.817. The van der Waals surface area contributed by atoms with Crippen LogP contribution in [0.1, 0.15) is 0 Å². The zero-order chi connectivity index (χ0) is 5.28. The molecule has 0 atom stereocenters. The Morgan fingerprint density at radius 1 is 1.14 bits per heavy atom. The molecule has 1 rings (SSSR count). The summed E-state index contributed by atoms with van der Waals surface area (Å²) in [6, 6.07) is 0. The average Bonchev–Trinajstić information content (AvgIpc) is 1.91. The summed E-state index contributed by atoms with van der Waals surface area (Å²) in [5, 5.41) is 19.9. The van der Waals surface area contributed by atoms with Gasteiger partial charge in [0.15, 0.2) is 0 Å². The van der Waals surface area contributed by atoms with Gasteiger partial charge in [-0.2, -0.15) is 0 Å². The van der Waals surface area contributed by atoms with Gasteiger partial charge in [-0.3, -0.25) is 0 Å². The normalized spacial score (nSPS) is 21.1. The molecule has 0 aromatic heterocycles. The molecule has 1 aliphatic rings. The quantitative estimate of drug-likeness (QED) is 0.400. The number of nitrogens with one attached hydrogen (secondary N) is 1. The molecular formula is C4H7NO2. The van der Waals surface area contributed by atoms with Crippen molar-refractivity contribution < 1.29 is 10.2 Å². The smallest absolute Gasteiger partial charge is 0.145 e. The van der Waals surface area contributed by atoms with Gasteiger partial charge in [0, 0.05) is 0 Å². The van der Waals surface area contributed by atoms with E-state index in [1.54, 1.807) is 0 Å². The van der Waals surface area contributed by atoms with Gasteiger partial charge in [0.05, 0.1) is 13.1 Å². The molecule has 0 bridgehead atoms. The summed E-state index contributed by atoms with van der Waals surface area (Å²) in [6.07, 6.45) is 0. The predicted molar refractivity (Wildman–Crippen MR) is 25.2 cm³/mol. The molecule has 0 fully saturated rings. The van der Waals surface area contributed by atoms with Gasteiger partial charge in [-0.1, -0.05) is 0 Å². The highest BCUT2D eigenvalue weighted by Crippen LogP contribution is 1.99. The summed E-state index contributed by atoms with van der Waals surface area (Å²) < 4.78 is 0. The number of hydrogen-bond acceptors (Lipinski definition) is 3. The maximum absolute atomic E-state index is 8.56. The lowest BCUT2D eigenvalue weighted by molar-refractivity contribution is 0.337. The van der Waals surface area contributed by atoms with E-state index < -0.39 is 0 Å². The molecule has 40 valence electrons. The third-order valence-corrected chi connectivity index (χ3v) is 0.918. The van der Waals surface area contributed by atoms with E-state index in [9.17, 15) is 0 Å². The van der Waals surface area contributed by atoms with Crippen LogP contribution in [0.5, 0.6) is 0 Å². The van der Waals surface area contributed by atoms with Crippen molar-refractivity contribution in [3.05, 3.63) is 11.5 Å². The molecule has 0 aromatic carbocycles. The van der Waals surface area contributed by atoms with Crippen LogP contribution in [-0.4, -0.2) is 23.3 Å². The van der Waals surface area contributed by atoms with Crippen molar-refractivity contribution in [1.82, 2.24) is 5.32 Å². The Labute approximate surface area is 41.3 Å². The second kappa shape index (κ2) is 1.42. The first-order valence-corrected chi connectivity index (χ1v) is 2.11. The maximum Gasteiger partial charge on any atom is 0.145 e. The van der Waals surface area contributed by atoms with Gasteiger partial charge in [0.1, 0.15) is 11.5 Å². The fourth-order valence-electron chi connectivity index (χ4n) is 0.503. The van der Waals surface area contributed by atoms with E-state index in [1.807, 2.05) is 0 Å². The van der Waals surface area contributed by atoms with Crippen LogP contribution in [0.25, 0.3) is 0 Å². The molecule has 3 nitrogen and oxygen atoms in total. The Kier molecular flexibility index (Phi) is 0.906. The highest BCUT2D eigenvalue weighted by atomic mass is 16.3. The molecule has 0 aromatic rings. The Balaban J connectivity index is 2.64. The molecule has 1 aliphatic heterocycles. The Hall–Kier alpha value is -0.700. The molecule has 0 spiro atoms. The van der Waals surface area contributed by atoms with Crippen molar-refractivity contribution in [2.45, 2.75) is 0 Å². The number of aliphatic hydroxyl groups excluding tert-OH is 2. The molecule has 0 radical (unpaired) electrons. The topological polar surface area (TPSA) is 52.5 Å². The Morgan fingerprint density at radius 2 is 1.57 bits per heavy atom. The van der Waals surface area contributed by atoms with Gasteiger partial charge in [-0.05, 0) is 0 Å². The SMILES string of the molecule is OC1=C(O)CNC1. The number of hydrogen-bond donors (Lipinski definition) is 3. The van der Waals surface area contributed by atoms with Crippen molar-refractivity contribution in [2.75, 3.05) is 13.1 Å². The van der Waals surface area contributed by atoms with Gasteiger partial charge < -0.3 is 15.5 Å². The van der Waals surface area contributed by atoms with Crippen LogP contribution in [0.4, 0.5) is 0 Å². The third kappa shape index (κ3) is 0.667. The van der Waals surface area contributed by atoms with Crippen LogP contribution in [0.3, 0.4) is 0 Å². The van der Waals surface area contributed by atoms with Gasteiger partial charge in [-0.25, -0.2) is 0 Å². The van der Waals surface area contributed by atoms with Gasteiger partial charge in [0.2, 0.25) is 0 Å². The minimum atomic E-state index is 0.0694. The van der Waals surface area contributed by atoms with Crippen LogP contribution < -0.4 is 5.32 Å². The summed E-state index contributed by atoms with van der Waals surface area (Å²) in [5.74, 6) is 0.139. The van der Waals surface area contributed by atoms with E-state index in [-0.39, 0.29) is 11.5 Å². The van der Waals surface area contributed by atoms with E-state index in [0.29, 0.717) is 13.1 Å². The molecule has 0 unspecified atom stereocenters. The fourth-order valence-corrected chi connectivity index (χ4v) is 0.503. The predicted octanol–water partition coefficient (Wildman–Crippen LogP) is -0.0828. The van der Waals surface area contributed by atoms with Gasteiger partial charge in [0.25, 0.3) is 0 Å². The summed E-state index contributed by atoms with van der Waals surface area (Å²) in [4.78, 5) is 0. The molecule has 0 saturated heterocycles. The standard InChI is InChI=1S/C4H7NO2/c6-3-1-5-2-4(3)7/h5-7H,1-2H2. The number of aliphatic hydroxyl groups is 2. The largest absolute Gasteiger partial charge is 0.507 e. The molecule has 0 aliphatic carbocycles. The van der Waals surface area contributed by atoms with Crippen molar-refractivity contribution in [3.8, 4) is 0 Å². The molecular weight excluding hydrogens is 94.0 g/mol. The monoisotopic (exact) mass is 101 g/mol. The molecule has 3 heteroatoms. The lowest BCUT2D eigenvalue weighted by atomic mass is 10.5. The first-order chi connectivity index (χ1) is 3.30. The van der Waals surface area contributed by atoms with E-state index in [2.05, 4.69) is 5.32 Å². The second-order valence-corrected chi connectivity index (χ2v) is 1.50. The van der Waals surface area contributed by atoms with Crippen LogP contribution in [0.2, 0.25) is 0 Å². The molecule has 0 saturated carbocycles. The van der Waals surface area contributed by atoms with Crippen LogP contribution >= 0.6 is 0 Å². The highest BCUT2D eigenvalue weighted by Gasteiger charge is 2.08. The lowest BCUT2D eigenvalue weighted by Crippen LogP contribution is -2.08. The summed E-state index contributed by atoms with van der Waals surface area (Å²) in [7, 11) is 0. The van der Waals surface area contributed by atoms with E-state index >= 15 is 0 Å². The maximum atomic E-state index is 8.56. The zero-order valence-corrected chi connectivity index (χ0v) is 3.81. The summed E-state index contributed by atoms with van der Waals surface area (Å²) >= 11 is 0. The summed E-state index contributed by atoms with van der Waals surface area (Å²) in [5.41, 5.74) is 0. The average molecular weight is 101 g/mol. The second-order valence-electron chi connectivity index (χ2n) is 1.50. The Morgan fingerprint density at radius 3 is 1.71 bits per heavy atom. The molecule has 7 heavy (non-hydrogen) atoms. The van der Waals surface area contributed by atoms with Crippen molar-refractivity contribution in [1.29, 1.82) is 0 Å². The first-order valence-electron chi connectivity index (χ1n) is 2.11. The van der Waals surface area contributed by atoms with Crippen molar-refractivity contribution in [3.63, 3.8) is 0 Å². The molecule has 0 amide bonds. The highest BCUT2D eigenvalue weighted by molar-refractivity contribution is 5.07. The first kappa shape index (κ1) is 4.46.